The number of carbonyl (C=O) groups excluding carboxylic acids is 2. The van der Waals surface area contributed by atoms with Crippen LogP contribution in [0.5, 0.6) is 0 Å². The molecule has 0 bridgehead atoms. The fourth-order valence-electron chi connectivity index (χ4n) is 4.16. The first kappa shape index (κ1) is 23.5. The number of amides is 2. The number of alkyl carbamates (subject to hydrolysis) is 1. The standard InChI is InChI=1S/C26H23BrN2O5/c1-2-22(24(30)28-23-12-11-15(27)13-20(23)25(31)32)29-26(33)34-14-21-18-9-5-3-7-16(18)17-8-4-6-10-19(17)21/h3-13,21-22H,2,14H2,1H3,(H,28,30)(H,29,33)(H,31,32). The number of halogens is 1. The van der Waals surface area contributed by atoms with Crippen molar-refractivity contribution < 1.29 is 24.2 Å². The predicted molar refractivity (Wildman–Crippen MR) is 132 cm³/mol. The molecule has 3 N–H and O–H groups in total. The van der Waals surface area contributed by atoms with E-state index in [1.54, 1.807) is 13.0 Å². The number of fused-ring (bicyclic) bond motifs is 3. The van der Waals surface area contributed by atoms with Crippen LogP contribution >= 0.6 is 15.9 Å². The fourth-order valence-corrected chi connectivity index (χ4v) is 4.52. The summed E-state index contributed by atoms with van der Waals surface area (Å²) in [6.07, 6.45) is -0.410. The van der Waals surface area contributed by atoms with Gasteiger partial charge in [0.25, 0.3) is 0 Å². The van der Waals surface area contributed by atoms with E-state index in [-0.39, 0.29) is 23.8 Å². The molecule has 0 saturated heterocycles. The third-order valence-electron chi connectivity index (χ3n) is 5.83. The minimum absolute atomic E-state index is 0.0567. The van der Waals surface area contributed by atoms with E-state index in [1.807, 2.05) is 36.4 Å². The van der Waals surface area contributed by atoms with Gasteiger partial charge in [-0.1, -0.05) is 71.4 Å². The van der Waals surface area contributed by atoms with E-state index in [4.69, 9.17) is 4.74 Å². The number of benzene rings is 3. The van der Waals surface area contributed by atoms with Crippen molar-refractivity contribution in [3.63, 3.8) is 0 Å². The zero-order valence-electron chi connectivity index (χ0n) is 18.4. The van der Waals surface area contributed by atoms with Crippen LogP contribution in [0, 0.1) is 0 Å². The van der Waals surface area contributed by atoms with Gasteiger partial charge in [0, 0.05) is 10.4 Å². The lowest BCUT2D eigenvalue weighted by Gasteiger charge is -2.19. The average Bonchev–Trinajstić information content (AvgIpc) is 3.15. The second kappa shape index (κ2) is 10.1. The fraction of sp³-hybridized carbons (Fsp3) is 0.192. The van der Waals surface area contributed by atoms with Crippen LogP contribution < -0.4 is 10.6 Å². The maximum Gasteiger partial charge on any atom is 0.407 e. The number of anilines is 1. The van der Waals surface area contributed by atoms with Gasteiger partial charge in [0.15, 0.2) is 0 Å². The largest absolute Gasteiger partial charge is 0.478 e. The van der Waals surface area contributed by atoms with Crippen molar-refractivity contribution in [3.05, 3.63) is 87.9 Å². The molecule has 0 aliphatic heterocycles. The van der Waals surface area contributed by atoms with Gasteiger partial charge in [0.1, 0.15) is 12.6 Å². The van der Waals surface area contributed by atoms with Gasteiger partial charge in [-0.2, -0.15) is 0 Å². The number of carboxylic acids is 1. The normalized spacial score (nSPS) is 12.9. The van der Waals surface area contributed by atoms with Crippen molar-refractivity contribution in [1.29, 1.82) is 0 Å². The molecule has 0 aromatic heterocycles. The molecule has 0 radical (unpaired) electrons. The van der Waals surface area contributed by atoms with Gasteiger partial charge in [-0.3, -0.25) is 4.79 Å². The van der Waals surface area contributed by atoms with E-state index in [0.717, 1.165) is 22.3 Å². The van der Waals surface area contributed by atoms with E-state index in [1.165, 1.54) is 12.1 Å². The molecule has 0 fully saturated rings. The summed E-state index contributed by atoms with van der Waals surface area (Å²) in [4.78, 5) is 36.8. The average molecular weight is 523 g/mol. The van der Waals surface area contributed by atoms with Crippen LogP contribution in [0.2, 0.25) is 0 Å². The highest BCUT2D eigenvalue weighted by Gasteiger charge is 2.29. The molecular formula is C26H23BrN2O5. The quantitative estimate of drug-likeness (QED) is 0.385. The molecule has 0 spiro atoms. The van der Waals surface area contributed by atoms with Gasteiger partial charge in [0.2, 0.25) is 5.91 Å². The third-order valence-corrected chi connectivity index (χ3v) is 6.32. The van der Waals surface area contributed by atoms with Crippen molar-refractivity contribution in [3.8, 4) is 11.1 Å². The van der Waals surface area contributed by atoms with Crippen molar-refractivity contribution in [1.82, 2.24) is 5.32 Å². The monoisotopic (exact) mass is 522 g/mol. The molecule has 8 heteroatoms. The smallest absolute Gasteiger partial charge is 0.407 e. The van der Waals surface area contributed by atoms with Crippen LogP contribution in [0.4, 0.5) is 10.5 Å². The van der Waals surface area contributed by atoms with Crippen LogP contribution in [0.25, 0.3) is 11.1 Å². The van der Waals surface area contributed by atoms with Crippen molar-refractivity contribution in [2.24, 2.45) is 0 Å². The first-order valence-electron chi connectivity index (χ1n) is 10.8. The van der Waals surface area contributed by atoms with Crippen molar-refractivity contribution >= 4 is 39.6 Å². The molecule has 1 aliphatic carbocycles. The summed E-state index contributed by atoms with van der Waals surface area (Å²) in [6, 6.07) is 19.7. The zero-order valence-corrected chi connectivity index (χ0v) is 20.0. The predicted octanol–water partition coefficient (Wildman–Crippen LogP) is 5.40. The Hall–Kier alpha value is -3.65. The van der Waals surface area contributed by atoms with E-state index in [2.05, 4.69) is 38.7 Å². The van der Waals surface area contributed by atoms with Crippen LogP contribution in [-0.4, -0.2) is 35.7 Å². The molecule has 3 aromatic rings. The number of hydrogen-bond donors (Lipinski definition) is 3. The second-order valence-electron chi connectivity index (χ2n) is 7.92. The number of carbonyl (C=O) groups is 3. The van der Waals surface area contributed by atoms with Gasteiger partial charge in [-0.05, 0) is 46.9 Å². The molecule has 4 rings (SSSR count). The molecule has 1 unspecified atom stereocenters. The Balaban J connectivity index is 1.41. The van der Waals surface area contributed by atoms with Gasteiger partial charge in [-0.15, -0.1) is 0 Å². The minimum Gasteiger partial charge on any atom is -0.478 e. The molecule has 34 heavy (non-hydrogen) atoms. The Morgan fingerprint density at radius 3 is 2.21 bits per heavy atom. The summed E-state index contributed by atoms with van der Waals surface area (Å²) in [7, 11) is 0. The van der Waals surface area contributed by atoms with E-state index in [9.17, 15) is 19.5 Å². The Morgan fingerprint density at radius 2 is 1.62 bits per heavy atom. The summed E-state index contributed by atoms with van der Waals surface area (Å²) in [5.74, 6) is -1.79. The number of hydrogen-bond acceptors (Lipinski definition) is 4. The van der Waals surface area contributed by atoms with E-state index >= 15 is 0 Å². The summed E-state index contributed by atoms with van der Waals surface area (Å²) in [5, 5.41) is 14.6. The maximum atomic E-state index is 12.7. The van der Waals surface area contributed by atoms with E-state index < -0.39 is 24.0 Å². The topological polar surface area (TPSA) is 105 Å². The SMILES string of the molecule is CCC(NC(=O)OCC1c2ccccc2-c2ccccc21)C(=O)Nc1ccc(Br)cc1C(=O)O. The molecule has 1 aliphatic rings. The van der Waals surface area contributed by atoms with Gasteiger partial charge < -0.3 is 20.5 Å². The minimum atomic E-state index is -1.17. The summed E-state index contributed by atoms with van der Waals surface area (Å²) in [5.41, 5.74) is 4.53. The van der Waals surface area contributed by atoms with Crippen LogP contribution in [0.15, 0.2) is 71.2 Å². The van der Waals surface area contributed by atoms with Gasteiger partial charge in [-0.25, -0.2) is 9.59 Å². The molecule has 0 heterocycles. The number of aromatic carboxylic acids is 1. The lowest BCUT2D eigenvalue weighted by Crippen LogP contribution is -2.44. The highest BCUT2D eigenvalue weighted by molar-refractivity contribution is 9.10. The Morgan fingerprint density at radius 1 is 1.00 bits per heavy atom. The van der Waals surface area contributed by atoms with Gasteiger partial charge in [0.05, 0.1) is 11.3 Å². The van der Waals surface area contributed by atoms with Crippen molar-refractivity contribution in [2.45, 2.75) is 25.3 Å². The summed E-state index contributed by atoms with van der Waals surface area (Å²) in [6.45, 7) is 1.88. The first-order valence-corrected chi connectivity index (χ1v) is 11.6. The molecule has 7 nitrogen and oxygen atoms in total. The van der Waals surface area contributed by atoms with Crippen LogP contribution in [-0.2, 0) is 9.53 Å². The number of ether oxygens (including phenoxy) is 1. The first-order chi connectivity index (χ1) is 16.4. The summed E-state index contributed by atoms with van der Waals surface area (Å²) < 4.78 is 6.10. The number of rotatable bonds is 7. The lowest BCUT2D eigenvalue weighted by molar-refractivity contribution is -0.118. The second-order valence-corrected chi connectivity index (χ2v) is 8.83. The third kappa shape index (κ3) is 4.82. The molecular weight excluding hydrogens is 500 g/mol. The number of carboxylic acid groups (broad SMARTS) is 1. The maximum absolute atomic E-state index is 12.7. The lowest BCUT2D eigenvalue weighted by atomic mass is 9.98. The van der Waals surface area contributed by atoms with Crippen molar-refractivity contribution in [2.75, 3.05) is 11.9 Å². The Bertz CT molecular complexity index is 1210. The van der Waals surface area contributed by atoms with Crippen LogP contribution in [0.3, 0.4) is 0 Å². The molecule has 2 amide bonds. The summed E-state index contributed by atoms with van der Waals surface area (Å²) >= 11 is 3.22. The molecule has 0 saturated carbocycles. The van der Waals surface area contributed by atoms with Crippen LogP contribution in [0.1, 0.15) is 40.7 Å². The highest BCUT2D eigenvalue weighted by Crippen LogP contribution is 2.44. The highest BCUT2D eigenvalue weighted by atomic mass is 79.9. The molecule has 3 aromatic carbocycles. The Labute approximate surface area is 205 Å². The number of nitrogens with one attached hydrogen (secondary N) is 2. The van der Waals surface area contributed by atoms with Gasteiger partial charge >= 0.3 is 12.1 Å². The van der Waals surface area contributed by atoms with E-state index in [0.29, 0.717) is 10.9 Å². The Kier molecular flexibility index (Phi) is 6.98. The zero-order chi connectivity index (χ0) is 24.2. The molecule has 1 atom stereocenters. The molecule has 174 valence electrons.